The number of benzene rings is 2. The van der Waals surface area contributed by atoms with E-state index in [0.29, 0.717) is 23.1 Å². The Morgan fingerprint density at radius 3 is 2.54 bits per heavy atom. The minimum absolute atomic E-state index is 0.00827. The van der Waals surface area contributed by atoms with Crippen molar-refractivity contribution in [3.63, 3.8) is 0 Å². The second kappa shape index (κ2) is 7.28. The first-order chi connectivity index (χ1) is 11.6. The predicted octanol–water partition coefficient (Wildman–Crippen LogP) is 5.18. The molecule has 0 aliphatic rings. The minimum Gasteiger partial charge on any atom is -0.473 e. The third-order valence-electron chi connectivity index (χ3n) is 3.64. The number of ether oxygens (including phenoxy) is 1. The van der Waals surface area contributed by atoms with Gasteiger partial charge in [-0.1, -0.05) is 41.9 Å². The van der Waals surface area contributed by atoms with Gasteiger partial charge in [-0.05, 0) is 42.3 Å². The van der Waals surface area contributed by atoms with Gasteiger partial charge in [0.25, 0.3) is 0 Å². The van der Waals surface area contributed by atoms with Gasteiger partial charge in [0, 0.05) is 28.4 Å². The summed E-state index contributed by atoms with van der Waals surface area (Å²) >= 11 is 6.06. The number of ketones is 1. The van der Waals surface area contributed by atoms with E-state index < -0.39 is 0 Å². The highest BCUT2D eigenvalue weighted by Crippen LogP contribution is 2.28. The number of hydrogen-bond donors (Lipinski definition) is 0. The first kappa shape index (κ1) is 16.2. The quantitative estimate of drug-likeness (QED) is 0.602. The smallest absolute Gasteiger partial charge is 0.213 e. The van der Waals surface area contributed by atoms with E-state index in [1.54, 1.807) is 30.5 Å². The van der Waals surface area contributed by atoms with E-state index in [9.17, 15) is 4.79 Å². The molecule has 3 rings (SSSR count). The van der Waals surface area contributed by atoms with Gasteiger partial charge in [0.05, 0.1) is 0 Å². The lowest BCUT2D eigenvalue weighted by molar-refractivity contribution is 0.101. The molecule has 0 atom stereocenters. The summed E-state index contributed by atoms with van der Waals surface area (Å²) in [5, 5.41) is 0.583. The molecule has 120 valence electrons. The van der Waals surface area contributed by atoms with Gasteiger partial charge in [0.1, 0.15) is 6.61 Å². The molecule has 0 bridgehead atoms. The maximum absolute atomic E-state index is 11.8. The van der Waals surface area contributed by atoms with Crippen molar-refractivity contribution in [2.45, 2.75) is 13.5 Å². The van der Waals surface area contributed by atoms with Crippen LogP contribution in [0.2, 0.25) is 5.02 Å². The van der Waals surface area contributed by atoms with Crippen LogP contribution in [0.5, 0.6) is 5.88 Å². The maximum Gasteiger partial charge on any atom is 0.213 e. The molecule has 0 saturated heterocycles. The van der Waals surface area contributed by atoms with Gasteiger partial charge in [-0.2, -0.15) is 0 Å². The normalized spacial score (nSPS) is 10.4. The van der Waals surface area contributed by atoms with Crippen molar-refractivity contribution < 1.29 is 9.53 Å². The Morgan fingerprint density at radius 2 is 1.88 bits per heavy atom. The number of pyridine rings is 1. The predicted molar refractivity (Wildman–Crippen MR) is 95.5 cm³/mol. The van der Waals surface area contributed by atoms with Crippen molar-refractivity contribution >= 4 is 17.4 Å². The van der Waals surface area contributed by atoms with Crippen molar-refractivity contribution in [3.05, 3.63) is 83.0 Å². The molecule has 24 heavy (non-hydrogen) atoms. The average Bonchev–Trinajstić information content (AvgIpc) is 2.61. The Labute approximate surface area is 145 Å². The van der Waals surface area contributed by atoms with Gasteiger partial charge in [0.2, 0.25) is 5.88 Å². The summed E-state index contributed by atoms with van der Waals surface area (Å²) in [5.41, 5.74) is 3.31. The van der Waals surface area contributed by atoms with Crippen LogP contribution < -0.4 is 4.74 Å². The molecule has 0 N–H and O–H groups in total. The van der Waals surface area contributed by atoms with Crippen molar-refractivity contribution in [3.8, 4) is 17.0 Å². The van der Waals surface area contributed by atoms with Gasteiger partial charge >= 0.3 is 0 Å². The molecule has 0 spiro atoms. The van der Waals surface area contributed by atoms with Gasteiger partial charge in [-0.25, -0.2) is 4.98 Å². The third-order valence-corrected chi connectivity index (χ3v) is 3.87. The van der Waals surface area contributed by atoms with Crippen LogP contribution in [0.15, 0.2) is 66.9 Å². The first-order valence-corrected chi connectivity index (χ1v) is 7.95. The lowest BCUT2D eigenvalue weighted by Crippen LogP contribution is -1.98. The zero-order valence-electron chi connectivity index (χ0n) is 13.2. The second-order valence-corrected chi connectivity index (χ2v) is 5.84. The third kappa shape index (κ3) is 3.81. The lowest BCUT2D eigenvalue weighted by Gasteiger charge is -2.09. The zero-order chi connectivity index (χ0) is 16.9. The molecule has 0 saturated carbocycles. The molecule has 0 fully saturated rings. The Morgan fingerprint density at radius 1 is 1.08 bits per heavy atom. The van der Waals surface area contributed by atoms with Crippen molar-refractivity contribution in [1.29, 1.82) is 0 Å². The molecular formula is C20H16ClNO2. The molecule has 0 radical (unpaired) electrons. The monoisotopic (exact) mass is 337 g/mol. The number of rotatable bonds is 5. The van der Waals surface area contributed by atoms with Gasteiger partial charge < -0.3 is 4.74 Å². The molecule has 0 amide bonds. The van der Waals surface area contributed by atoms with Crippen LogP contribution in [0.1, 0.15) is 22.8 Å². The summed E-state index contributed by atoms with van der Waals surface area (Å²) in [7, 11) is 0. The second-order valence-electron chi connectivity index (χ2n) is 5.41. The molecule has 2 aromatic carbocycles. The number of aromatic nitrogens is 1. The van der Waals surface area contributed by atoms with Crippen molar-refractivity contribution in [2.24, 2.45) is 0 Å². The SMILES string of the molecule is CC(=O)c1ccc(Cl)cc1-c1ccc(OCc2ccccc2)nc1. The fraction of sp³-hybridized carbons (Fsp3) is 0.100. The van der Waals surface area contributed by atoms with E-state index in [2.05, 4.69) is 4.98 Å². The Balaban J connectivity index is 1.80. The van der Waals surface area contributed by atoms with E-state index in [1.165, 1.54) is 6.92 Å². The molecule has 1 heterocycles. The van der Waals surface area contributed by atoms with Crippen LogP contribution in [0.3, 0.4) is 0 Å². The molecule has 0 aliphatic carbocycles. The molecule has 4 heteroatoms. The average molecular weight is 338 g/mol. The van der Waals surface area contributed by atoms with Crippen LogP contribution in [-0.4, -0.2) is 10.8 Å². The lowest BCUT2D eigenvalue weighted by atomic mass is 9.99. The number of carbonyl (C=O) groups is 1. The Hall–Kier alpha value is -2.65. The minimum atomic E-state index is -0.00827. The summed E-state index contributed by atoms with van der Waals surface area (Å²) in [6.45, 7) is 2.00. The van der Waals surface area contributed by atoms with E-state index in [1.807, 2.05) is 36.4 Å². The van der Waals surface area contributed by atoms with Crippen LogP contribution >= 0.6 is 11.6 Å². The summed E-state index contributed by atoms with van der Waals surface area (Å²) in [5.74, 6) is 0.528. The topological polar surface area (TPSA) is 39.2 Å². The summed E-state index contributed by atoms with van der Waals surface area (Å²) < 4.78 is 5.68. The number of Topliss-reactive ketones (excluding diaryl/α,β-unsaturated/α-hetero) is 1. The molecule has 1 aromatic heterocycles. The summed E-state index contributed by atoms with van der Waals surface area (Å²) in [6.07, 6.45) is 1.69. The van der Waals surface area contributed by atoms with Crippen LogP contribution in [0, 0.1) is 0 Å². The van der Waals surface area contributed by atoms with E-state index in [-0.39, 0.29) is 5.78 Å². The fourth-order valence-corrected chi connectivity index (χ4v) is 2.59. The number of halogens is 1. The van der Waals surface area contributed by atoms with E-state index in [4.69, 9.17) is 16.3 Å². The summed E-state index contributed by atoms with van der Waals surface area (Å²) in [4.78, 5) is 16.1. The number of hydrogen-bond acceptors (Lipinski definition) is 3. The first-order valence-electron chi connectivity index (χ1n) is 7.57. The Kier molecular flexibility index (Phi) is 4.92. The highest BCUT2D eigenvalue weighted by molar-refractivity contribution is 6.31. The van der Waals surface area contributed by atoms with Crippen molar-refractivity contribution in [1.82, 2.24) is 4.98 Å². The Bertz CT molecular complexity index is 845. The number of carbonyl (C=O) groups excluding carboxylic acids is 1. The largest absolute Gasteiger partial charge is 0.473 e. The van der Waals surface area contributed by atoms with Gasteiger partial charge in [-0.15, -0.1) is 0 Å². The molecule has 3 nitrogen and oxygen atoms in total. The highest BCUT2D eigenvalue weighted by Gasteiger charge is 2.10. The molecule has 0 aliphatic heterocycles. The van der Waals surface area contributed by atoms with Gasteiger partial charge in [-0.3, -0.25) is 4.79 Å². The molecular weight excluding hydrogens is 322 g/mol. The van der Waals surface area contributed by atoms with Gasteiger partial charge in [0.15, 0.2) is 5.78 Å². The van der Waals surface area contributed by atoms with E-state index >= 15 is 0 Å². The maximum atomic E-state index is 11.8. The number of nitrogens with zero attached hydrogens (tertiary/aromatic N) is 1. The zero-order valence-corrected chi connectivity index (χ0v) is 14.0. The van der Waals surface area contributed by atoms with Crippen LogP contribution in [0.4, 0.5) is 0 Å². The fourth-order valence-electron chi connectivity index (χ4n) is 2.42. The van der Waals surface area contributed by atoms with Crippen LogP contribution in [-0.2, 0) is 6.61 Å². The molecule has 0 unspecified atom stereocenters. The van der Waals surface area contributed by atoms with E-state index in [0.717, 1.165) is 16.7 Å². The van der Waals surface area contributed by atoms with Crippen LogP contribution in [0.25, 0.3) is 11.1 Å². The standard InChI is InChI=1S/C20H16ClNO2/c1-14(23)18-9-8-17(21)11-19(18)16-7-10-20(22-12-16)24-13-15-5-3-2-4-6-15/h2-12H,13H2,1H3. The molecule has 3 aromatic rings. The highest BCUT2D eigenvalue weighted by atomic mass is 35.5. The van der Waals surface area contributed by atoms with Crippen molar-refractivity contribution in [2.75, 3.05) is 0 Å². The summed E-state index contributed by atoms with van der Waals surface area (Å²) in [6, 6.07) is 18.8.